The van der Waals surface area contributed by atoms with Gasteiger partial charge in [-0.25, -0.2) is 18.4 Å². The van der Waals surface area contributed by atoms with Crippen molar-refractivity contribution in [3.05, 3.63) is 46.5 Å². The number of likely N-dealkylation sites (N-methyl/N-ethyl adjacent to an activating group) is 1. The smallest absolute Gasteiger partial charge is 0.377 e. The maximum absolute atomic E-state index is 14.2. The summed E-state index contributed by atoms with van der Waals surface area (Å²) in [5, 5.41) is 3.09. The number of hydrogen-bond acceptors (Lipinski definition) is 10. The van der Waals surface area contributed by atoms with Crippen molar-refractivity contribution in [1.82, 2.24) is 19.8 Å². The molecular formula is C30H33F3N6O4S2. The molecule has 2 aromatic heterocycles. The topological polar surface area (TPSA) is 108 Å². The van der Waals surface area contributed by atoms with E-state index in [1.165, 1.54) is 17.7 Å². The second-order valence-corrected chi connectivity index (χ2v) is 15.2. The van der Waals surface area contributed by atoms with E-state index in [1.54, 1.807) is 0 Å². The molecule has 1 amide bonds. The Morgan fingerprint density at radius 1 is 1.11 bits per heavy atom. The Morgan fingerprint density at radius 2 is 1.84 bits per heavy atom. The van der Waals surface area contributed by atoms with Crippen LogP contribution < -0.4 is 10.2 Å². The van der Waals surface area contributed by atoms with Crippen molar-refractivity contribution in [1.29, 1.82) is 0 Å². The van der Waals surface area contributed by atoms with E-state index in [9.17, 15) is 26.4 Å². The molecule has 0 spiro atoms. The van der Waals surface area contributed by atoms with Crippen LogP contribution in [0.5, 0.6) is 0 Å². The van der Waals surface area contributed by atoms with Gasteiger partial charge in [-0.05, 0) is 56.1 Å². The summed E-state index contributed by atoms with van der Waals surface area (Å²) in [7, 11) is -1.74. The van der Waals surface area contributed by atoms with Crippen molar-refractivity contribution >= 4 is 44.4 Å². The third-order valence-corrected chi connectivity index (χ3v) is 12.4. The number of alkyl halides is 3. The number of benzene rings is 1. The van der Waals surface area contributed by atoms with Crippen molar-refractivity contribution < 1.29 is 31.1 Å². The number of aryl methyl sites for hydroxylation is 1. The van der Waals surface area contributed by atoms with E-state index in [1.807, 2.05) is 19.1 Å². The lowest BCUT2D eigenvalue weighted by Crippen LogP contribution is -2.52. The number of carbonyl (C=O) groups excluding carboxylic acids is 1. The molecule has 240 valence electrons. The lowest BCUT2D eigenvalue weighted by Gasteiger charge is -2.40. The van der Waals surface area contributed by atoms with Gasteiger partial charge in [0.2, 0.25) is 5.95 Å². The minimum atomic E-state index is -4.81. The zero-order chi connectivity index (χ0) is 31.7. The Bertz CT molecular complexity index is 1750. The van der Waals surface area contributed by atoms with Crippen LogP contribution >= 0.6 is 11.3 Å². The largest absolute Gasteiger partial charge is 0.420 e. The molecule has 45 heavy (non-hydrogen) atoms. The molecule has 4 aliphatic heterocycles. The van der Waals surface area contributed by atoms with Gasteiger partial charge >= 0.3 is 6.18 Å². The molecule has 0 radical (unpaired) electrons. The van der Waals surface area contributed by atoms with Crippen LogP contribution in [0.4, 0.5) is 30.5 Å². The fraction of sp³-hybridized carbons (Fsp3) is 0.500. The number of thiophene rings is 1. The average Bonchev–Trinajstić information content (AvgIpc) is 3.47. The number of piperazine rings is 1. The number of halogens is 3. The van der Waals surface area contributed by atoms with Gasteiger partial charge in [-0.1, -0.05) is 6.92 Å². The summed E-state index contributed by atoms with van der Waals surface area (Å²) in [6.07, 6.45) is -1.07. The molecule has 2 atom stereocenters. The highest BCUT2D eigenvalue weighted by atomic mass is 32.2. The van der Waals surface area contributed by atoms with Crippen molar-refractivity contribution in [2.45, 2.75) is 55.4 Å². The quantitative estimate of drug-likeness (QED) is 0.410. The minimum absolute atomic E-state index is 0.00414. The first-order chi connectivity index (χ1) is 21.4. The maximum atomic E-state index is 14.2. The van der Waals surface area contributed by atoms with Crippen molar-refractivity contribution in [2.75, 3.05) is 55.9 Å². The fourth-order valence-corrected chi connectivity index (χ4v) is 9.57. The van der Waals surface area contributed by atoms with E-state index in [0.717, 1.165) is 30.4 Å². The van der Waals surface area contributed by atoms with Crippen LogP contribution in [0.2, 0.25) is 0 Å². The number of anilines is 3. The number of amides is 1. The monoisotopic (exact) mass is 662 g/mol. The predicted molar refractivity (Wildman–Crippen MR) is 164 cm³/mol. The van der Waals surface area contributed by atoms with Crippen LogP contribution in [0.25, 0.3) is 10.6 Å². The first-order valence-corrected chi connectivity index (χ1v) is 17.5. The number of carbonyl (C=O) groups is 1. The van der Waals surface area contributed by atoms with Gasteiger partial charge in [-0.15, -0.1) is 11.3 Å². The zero-order valence-electron chi connectivity index (χ0n) is 24.8. The van der Waals surface area contributed by atoms with Crippen LogP contribution in [0, 0.1) is 0 Å². The summed E-state index contributed by atoms with van der Waals surface area (Å²) in [5.41, 5.74) is 1.13. The molecule has 0 aliphatic carbocycles. The van der Waals surface area contributed by atoms with Crippen LogP contribution in [-0.4, -0.2) is 97.9 Å². The first kappa shape index (κ1) is 30.4. The highest BCUT2D eigenvalue weighted by molar-refractivity contribution is 7.91. The van der Waals surface area contributed by atoms with Crippen LogP contribution in [0.3, 0.4) is 0 Å². The summed E-state index contributed by atoms with van der Waals surface area (Å²) in [5.74, 6) is -0.923. The van der Waals surface area contributed by atoms with E-state index in [0.29, 0.717) is 41.7 Å². The highest BCUT2D eigenvalue weighted by Gasteiger charge is 2.41. The lowest BCUT2D eigenvalue weighted by atomic mass is 10.1. The number of ether oxygens (including phenoxy) is 1. The molecule has 10 nitrogen and oxygen atoms in total. The third-order valence-electron chi connectivity index (χ3n) is 9.41. The number of sulfone groups is 1. The molecule has 0 saturated carbocycles. The van der Waals surface area contributed by atoms with Crippen LogP contribution in [0.15, 0.2) is 35.4 Å². The molecule has 6 heterocycles. The lowest BCUT2D eigenvalue weighted by molar-refractivity contribution is -0.137. The van der Waals surface area contributed by atoms with Gasteiger partial charge in [-0.3, -0.25) is 9.69 Å². The average molecular weight is 663 g/mol. The molecule has 7 rings (SSSR count). The van der Waals surface area contributed by atoms with E-state index in [2.05, 4.69) is 38.2 Å². The Hall–Kier alpha value is -3.27. The third kappa shape index (κ3) is 5.47. The summed E-state index contributed by atoms with van der Waals surface area (Å²) >= 11 is 0.706. The number of nitrogens with one attached hydrogen (secondary N) is 1. The standard InChI is InChI=1S/C30H33F3N6O4S2/c1-3-17-10-18(38-13-19-4-5-20(14-38)37(19)2)6-7-23(17)35-29-34-12-22(30(31,32)33)26(36-29)24-11-25-27(44-24)28(40)39(21-15-43-16-21)8-9-45(25,41)42/h6-7,10-12,19-21H,3-5,8-9,13-16H2,1-2H3,(H,34,35,36). The normalized spacial score (nSPS) is 23.5. The van der Waals surface area contributed by atoms with Gasteiger partial charge in [0.25, 0.3) is 5.91 Å². The van der Waals surface area contributed by atoms with Gasteiger partial charge < -0.3 is 19.9 Å². The number of aromatic nitrogens is 2. The zero-order valence-corrected chi connectivity index (χ0v) is 26.4. The van der Waals surface area contributed by atoms with Crippen LogP contribution in [0.1, 0.15) is 40.6 Å². The molecule has 1 aromatic carbocycles. The predicted octanol–water partition coefficient (Wildman–Crippen LogP) is 4.44. The Morgan fingerprint density at radius 3 is 2.49 bits per heavy atom. The highest BCUT2D eigenvalue weighted by Crippen LogP contribution is 2.43. The van der Waals surface area contributed by atoms with E-state index in [-0.39, 0.29) is 52.2 Å². The Kier molecular flexibility index (Phi) is 7.57. The summed E-state index contributed by atoms with van der Waals surface area (Å²) in [6.45, 7) is 4.47. The molecule has 2 unspecified atom stereocenters. The van der Waals surface area contributed by atoms with Gasteiger partial charge in [-0.2, -0.15) is 13.2 Å². The molecule has 2 bridgehead atoms. The van der Waals surface area contributed by atoms with Crippen molar-refractivity contribution in [3.8, 4) is 10.6 Å². The van der Waals surface area contributed by atoms with Gasteiger partial charge in [0.05, 0.1) is 40.5 Å². The van der Waals surface area contributed by atoms with E-state index >= 15 is 0 Å². The van der Waals surface area contributed by atoms with Crippen molar-refractivity contribution in [2.24, 2.45) is 0 Å². The number of hydrogen-bond donors (Lipinski definition) is 1. The van der Waals surface area contributed by atoms with Gasteiger partial charge in [0.15, 0.2) is 9.84 Å². The van der Waals surface area contributed by atoms with Gasteiger partial charge in [0.1, 0.15) is 10.4 Å². The number of rotatable bonds is 6. The van der Waals surface area contributed by atoms with E-state index in [4.69, 9.17) is 4.74 Å². The first-order valence-electron chi connectivity index (χ1n) is 15.0. The molecule has 1 N–H and O–H groups in total. The molecule has 3 aromatic rings. The summed E-state index contributed by atoms with van der Waals surface area (Å²) in [6, 6.07) is 7.93. The second-order valence-electron chi connectivity index (χ2n) is 12.0. The fourth-order valence-electron chi connectivity index (χ4n) is 6.66. The minimum Gasteiger partial charge on any atom is -0.377 e. The van der Waals surface area contributed by atoms with Crippen molar-refractivity contribution in [3.63, 3.8) is 0 Å². The van der Waals surface area contributed by atoms with Gasteiger partial charge in [0, 0.05) is 49.3 Å². The van der Waals surface area contributed by atoms with Crippen LogP contribution in [-0.2, 0) is 27.2 Å². The molecular weight excluding hydrogens is 629 g/mol. The summed E-state index contributed by atoms with van der Waals surface area (Å²) in [4.78, 5) is 27.5. The maximum Gasteiger partial charge on any atom is 0.420 e. The SMILES string of the molecule is CCc1cc(N2CC3CCC(C2)N3C)ccc1Nc1ncc(C(F)(F)F)c(-c2cc3c(s2)C(=O)N(C2COC2)CCS3(=O)=O)n1. The van der Waals surface area contributed by atoms with E-state index < -0.39 is 33.2 Å². The Labute approximate surface area is 263 Å². The second kappa shape index (κ2) is 11.2. The molecule has 4 aliphatic rings. The summed E-state index contributed by atoms with van der Waals surface area (Å²) < 4.78 is 74.1. The molecule has 3 fully saturated rings. The molecule has 15 heteroatoms. The number of fused-ring (bicyclic) bond motifs is 3. The molecule has 3 saturated heterocycles. The Balaban J connectivity index is 1.22. The number of nitrogens with zero attached hydrogens (tertiary/aromatic N) is 5.